The van der Waals surface area contributed by atoms with Gasteiger partial charge in [-0.15, -0.1) is 11.3 Å². The first-order valence-electron chi connectivity index (χ1n) is 19.0. The van der Waals surface area contributed by atoms with Crippen LogP contribution in [-0.4, -0.2) is 23.5 Å². The lowest BCUT2D eigenvalue weighted by Gasteiger charge is -2.12. The van der Waals surface area contributed by atoms with E-state index in [1.165, 1.54) is 75.1 Å². The Labute approximate surface area is 321 Å². The third kappa shape index (κ3) is 3.47. The molecule has 0 aliphatic heterocycles. The van der Waals surface area contributed by atoms with E-state index in [9.17, 15) is 0 Å². The average molecular weight is 730 g/mol. The molecule has 0 aliphatic rings. The molecule has 0 saturated carbocycles. The summed E-state index contributed by atoms with van der Waals surface area (Å²) in [5, 5.41) is 13.5. The van der Waals surface area contributed by atoms with E-state index in [-0.39, 0.29) is 0 Å². The van der Waals surface area contributed by atoms with Crippen LogP contribution in [0, 0.1) is 0 Å². The van der Waals surface area contributed by atoms with Gasteiger partial charge in [0.1, 0.15) is 0 Å². The zero-order valence-electron chi connectivity index (χ0n) is 29.7. The highest BCUT2D eigenvalue weighted by Gasteiger charge is 2.27. The minimum absolute atomic E-state index is 0.665. The van der Waals surface area contributed by atoms with Crippen LogP contribution in [0.15, 0.2) is 164 Å². The molecule has 6 heterocycles. The molecule has 0 unspecified atom stereocenters. The topological polar surface area (TPSA) is 40.0 Å². The van der Waals surface area contributed by atoms with Gasteiger partial charge in [-0.1, -0.05) is 127 Å². The van der Waals surface area contributed by atoms with Crippen LogP contribution in [0.4, 0.5) is 0 Å². The third-order valence-electron chi connectivity index (χ3n) is 12.2. The summed E-state index contributed by atoms with van der Waals surface area (Å²) >= 11 is 1.78. The first kappa shape index (κ1) is 29.1. The van der Waals surface area contributed by atoms with Crippen LogP contribution in [-0.2, 0) is 0 Å². The normalized spacial score (nSPS) is 12.6. The monoisotopic (exact) mass is 729 g/mol. The summed E-state index contributed by atoms with van der Waals surface area (Å²) in [6.07, 6.45) is 0. The molecule has 0 amide bonds. The Morgan fingerprint density at radius 2 is 0.982 bits per heavy atom. The SMILES string of the molecule is c1ccc2c(c1)ccc1c3cc4c(c5ccccc5n4-c4nc(-n5c6ccccc6c6ccccc65)nc5c4sc4ccccc45)c4c5ccccc5n(c21)c34. The molecular weight excluding hydrogens is 703 g/mol. The predicted octanol–water partition coefficient (Wildman–Crippen LogP) is 13.3. The first-order valence-corrected chi connectivity index (χ1v) is 19.8. The minimum atomic E-state index is 0.665. The highest BCUT2D eigenvalue weighted by molar-refractivity contribution is 7.26. The molecule has 6 heteroatoms. The molecule has 0 N–H and O–H groups in total. The Balaban J connectivity index is 1.22. The molecule has 0 saturated heterocycles. The zero-order chi connectivity index (χ0) is 36.2. The maximum atomic E-state index is 5.69. The van der Waals surface area contributed by atoms with Crippen LogP contribution in [0.1, 0.15) is 0 Å². The van der Waals surface area contributed by atoms with Gasteiger partial charge in [-0.05, 0) is 41.8 Å². The van der Waals surface area contributed by atoms with Gasteiger partial charge >= 0.3 is 0 Å². The fourth-order valence-corrected chi connectivity index (χ4v) is 11.1. The maximum absolute atomic E-state index is 5.69. The van der Waals surface area contributed by atoms with E-state index >= 15 is 0 Å². The van der Waals surface area contributed by atoms with Crippen molar-refractivity contribution in [3.8, 4) is 11.8 Å². The molecule has 6 aromatic heterocycles. The van der Waals surface area contributed by atoms with E-state index in [1.54, 1.807) is 11.3 Å². The molecule has 0 spiro atoms. The molecule has 8 aromatic carbocycles. The number of thiophene rings is 1. The summed E-state index contributed by atoms with van der Waals surface area (Å²) in [6, 6.07) is 59.5. The second-order valence-electron chi connectivity index (χ2n) is 14.9. The number of hydrogen-bond donors (Lipinski definition) is 0. The largest absolute Gasteiger partial charge is 0.307 e. The standard InChI is InChI=1S/C50H27N5S/c1-2-14-29-28(13-1)25-26-32-36-27-41-43(44-34-18-6-11-23-40(34)55(46(29)32)47(36)44)33-17-5-10-22-39(33)53(41)49-48-45(35-19-7-12-24-42(35)56-48)51-50(52-49)54-37-20-8-3-15-30(37)31-16-4-9-21-38(31)54/h1-27H. The lowest BCUT2D eigenvalue weighted by molar-refractivity contribution is 0.976. The molecule has 0 atom stereocenters. The summed E-state index contributed by atoms with van der Waals surface area (Å²) in [4.78, 5) is 11.2. The Kier molecular flexibility index (Phi) is 5.34. The Morgan fingerprint density at radius 1 is 0.393 bits per heavy atom. The molecule has 14 aromatic rings. The molecule has 0 fully saturated rings. The Morgan fingerprint density at radius 3 is 1.73 bits per heavy atom. The van der Waals surface area contributed by atoms with Crippen LogP contribution in [0.25, 0.3) is 125 Å². The quantitative estimate of drug-likeness (QED) is 0.178. The van der Waals surface area contributed by atoms with Crippen LogP contribution in [0.3, 0.4) is 0 Å². The summed E-state index contributed by atoms with van der Waals surface area (Å²) in [5.74, 6) is 1.56. The van der Waals surface area contributed by atoms with Gasteiger partial charge in [-0.2, -0.15) is 4.98 Å². The van der Waals surface area contributed by atoms with E-state index < -0.39 is 0 Å². The van der Waals surface area contributed by atoms with Crippen molar-refractivity contribution in [1.29, 1.82) is 0 Å². The number of hydrogen-bond acceptors (Lipinski definition) is 3. The third-order valence-corrected chi connectivity index (χ3v) is 13.3. The Bertz CT molecular complexity index is 3960. The number of rotatable bonds is 2. The van der Waals surface area contributed by atoms with Crippen molar-refractivity contribution >= 4 is 124 Å². The van der Waals surface area contributed by atoms with E-state index in [2.05, 4.69) is 177 Å². The van der Waals surface area contributed by atoms with Crippen molar-refractivity contribution < 1.29 is 0 Å². The fourth-order valence-electron chi connectivity index (χ4n) is 9.95. The smallest absolute Gasteiger partial charge is 0.237 e. The Hall–Kier alpha value is -7.28. The van der Waals surface area contributed by atoms with Gasteiger partial charge in [-0.3, -0.25) is 9.13 Å². The van der Waals surface area contributed by atoms with Crippen LogP contribution < -0.4 is 0 Å². The zero-order valence-corrected chi connectivity index (χ0v) is 30.5. The van der Waals surface area contributed by atoms with Crippen LogP contribution in [0.2, 0.25) is 0 Å². The molecule has 5 nitrogen and oxygen atoms in total. The van der Waals surface area contributed by atoms with Crippen molar-refractivity contribution in [1.82, 2.24) is 23.5 Å². The fraction of sp³-hybridized carbons (Fsp3) is 0. The van der Waals surface area contributed by atoms with Gasteiger partial charge in [0.2, 0.25) is 5.95 Å². The summed E-state index contributed by atoms with van der Waals surface area (Å²) in [6.45, 7) is 0. The van der Waals surface area contributed by atoms with Crippen molar-refractivity contribution in [3.05, 3.63) is 164 Å². The summed E-state index contributed by atoms with van der Waals surface area (Å²) in [7, 11) is 0. The highest BCUT2D eigenvalue weighted by Crippen LogP contribution is 2.49. The summed E-state index contributed by atoms with van der Waals surface area (Å²) < 4.78 is 9.48. The van der Waals surface area contributed by atoms with Gasteiger partial charge in [0.15, 0.2) is 5.82 Å². The van der Waals surface area contributed by atoms with Crippen LogP contribution in [0.5, 0.6) is 0 Å². The predicted molar refractivity (Wildman–Crippen MR) is 236 cm³/mol. The molecule has 14 rings (SSSR count). The first-order chi connectivity index (χ1) is 27.8. The van der Waals surface area contributed by atoms with E-state index in [0.29, 0.717) is 5.95 Å². The molecular formula is C50H27N5S. The van der Waals surface area contributed by atoms with Crippen LogP contribution >= 0.6 is 11.3 Å². The molecule has 0 bridgehead atoms. The van der Waals surface area contributed by atoms with Gasteiger partial charge in [-0.25, -0.2) is 4.98 Å². The molecule has 258 valence electrons. The van der Waals surface area contributed by atoms with Gasteiger partial charge < -0.3 is 4.40 Å². The lowest BCUT2D eigenvalue weighted by Crippen LogP contribution is -2.06. The number of benzene rings is 8. The van der Waals surface area contributed by atoms with Crippen molar-refractivity contribution in [2.75, 3.05) is 0 Å². The lowest BCUT2D eigenvalue weighted by atomic mass is 10.0. The van der Waals surface area contributed by atoms with Gasteiger partial charge in [0.05, 0.1) is 48.8 Å². The second kappa shape index (κ2) is 10.3. The van der Waals surface area contributed by atoms with E-state index in [1.807, 2.05) is 0 Å². The van der Waals surface area contributed by atoms with Crippen molar-refractivity contribution in [2.24, 2.45) is 0 Å². The van der Waals surface area contributed by atoms with Gasteiger partial charge in [0, 0.05) is 58.6 Å². The minimum Gasteiger partial charge on any atom is -0.307 e. The van der Waals surface area contributed by atoms with Crippen molar-refractivity contribution in [3.63, 3.8) is 0 Å². The maximum Gasteiger partial charge on any atom is 0.237 e. The molecule has 0 aliphatic carbocycles. The number of fused-ring (bicyclic) bond motifs is 18. The highest BCUT2D eigenvalue weighted by atomic mass is 32.1. The molecule has 56 heavy (non-hydrogen) atoms. The number of nitrogens with zero attached hydrogens (tertiary/aromatic N) is 5. The summed E-state index contributed by atoms with van der Waals surface area (Å²) in [5.41, 5.74) is 9.18. The average Bonchev–Trinajstić information content (AvgIpc) is 4.05. The van der Waals surface area contributed by atoms with E-state index in [4.69, 9.17) is 9.97 Å². The molecule has 0 radical (unpaired) electrons. The number of aromatic nitrogens is 5. The second-order valence-corrected chi connectivity index (χ2v) is 16.0. The van der Waals surface area contributed by atoms with Crippen molar-refractivity contribution in [2.45, 2.75) is 0 Å². The number of para-hydroxylation sites is 4. The van der Waals surface area contributed by atoms with Gasteiger partial charge in [0.25, 0.3) is 0 Å². The van der Waals surface area contributed by atoms with E-state index in [0.717, 1.165) is 43.5 Å².